The SMILES string of the molecule is NC(c1ccccc1I)C1CCCC1. The van der Waals surface area contributed by atoms with Crippen molar-refractivity contribution in [2.75, 3.05) is 0 Å². The quantitative estimate of drug-likeness (QED) is 0.832. The maximum Gasteiger partial charge on any atom is 0.0334 e. The summed E-state index contributed by atoms with van der Waals surface area (Å²) >= 11 is 2.38. The normalized spacial score (nSPS) is 19.9. The molecule has 0 spiro atoms. The highest BCUT2D eigenvalue weighted by Gasteiger charge is 2.24. The van der Waals surface area contributed by atoms with Gasteiger partial charge >= 0.3 is 0 Å². The summed E-state index contributed by atoms with van der Waals surface area (Å²) in [6.07, 6.45) is 5.35. The third kappa shape index (κ3) is 2.11. The van der Waals surface area contributed by atoms with E-state index in [1.807, 2.05) is 0 Å². The van der Waals surface area contributed by atoms with E-state index in [-0.39, 0.29) is 6.04 Å². The Morgan fingerprint density at radius 1 is 1.21 bits per heavy atom. The summed E-state index contributed by atoms with van der Waals surface area (Å²) in [6, 6.07) is 8.74. The number of nitrogens with two attached hydrogens (primary N) is 1. The average molecular weight is 301 g/mol. The molecule has 1 aromatic carbocycles. The van der Waals surface area contributed by atoms with Crippen LogP contribution >= 0.6 is 22.6 Å². The first kappa shape index (κ1) is 10.4. The zero-order chi connectivity index (χ0) is 9.97. The maximum atomic E-state index is 6.30. The molecular weight excluding hydrogens is 285 g/mol. The minimum atomic E-state index is 0.255. The molecule has 1 aliphatic carbocycles. The Bertz CT molecular complexity index is 305. The third-order valence-electron chi connectivity index (χ3n) is 3.17. The van der Waals surface area contributed by atoms with Crippen molar-refractivity contribution in [3.05, 3.63) is 33.4 Å². The van der Waals surface area contributed by atoms with Gasteiger partial charge in [0.1, 0.15) is 0 Å². The summed E-state index contributed by atoms with van der Waals surface area (Å²) in [6.45, 7) is 0. The number of benzene rings is 1. The van der Waals surface area contributed by atoms with Crippen LogP contribution in [-0.4, -0.2) is 0 Å². The van der Waals surface area contributed by atoms with Crippen LogP contribution in [0.2, 0.25) is 0 Å². The highest BCUT2D eigenvalue weighted by atomic mass is 127. The van der Waals surface area contributed by atoms with Gasteiger partial charge in [-0.25, -0.2) is 0 Å². The lowest BCUT2D eigenvalue weighted by Gasteiger charge is -2.20. The molecule has 14 heavy (non-hydrogen) atoms. The second-order valence-corrected chi connectivity index (χ2v) is 5.25. The standard InChI is InChI=1S/C12H16IN/c13-11-8-4-3-7-10(11)12(14)9-5-1-2-6-9/h3-4,7-9,12H,1-2,5-6,14H2. The van der Waals surface area contributed by atoms with Crippen LogP contribution in [0.3, 0.4) is 0 Å². The predicted octanol–water partition coefficient (Wildman–Crippen LogP) is 3.48. The summed E-state index contributed by atoms with van der Waals surface area (Å²) in [5, 5.41) is 0. The van der Waals surface area contributed by atoms with Crippen molar-refractivity contribution in [1.82, 2.24) is 0 Å². The fraction of sp³-hybridized carbons (Fsp3) is 0.500. The molecule has 1 fully saturated rings. The number of halogens is 1. The van der Waals surface area contributed by atoms with E-state index >= 15 is 0 Å². The zero-order valence-electron chi connectivity index (χ0n) is 8.25. The molecule has 0 aromatic heterocycles. The number of rotatable bonds is 2. The summed E-state index contributed by atoms with van der Waals surface area (Å²) in [5.41, 5.74) is 7.63. The molecule has 0 heterocycles. The van der Waals surface area contributed by atoms with Crippen molar-refractivity contribution in [2.45, 2.75) is 31.7 Å². The molecule has 1 unspecified atom stereocenters. The van der Waals surface area contributed by atoms with Gasteiger partial charge in [-0.15, -0.1) is 0 Å². The van der Waals surface area contributed by atoms with E-state index in [4.69, 9.17) is 5.73 Å². The Hall–Kier alpha value is -0.0900. The minimum Gasteiger partial charge on any atom is -0.324 e. The van der Waals surface area contributed by atoms with Crippen molar-refractivity contribution in [1.29, 1.82) is 0 Å². The van der Waals surface area contributed by atoms with Gasteiger partial charge in [0.25, 0.3) is 0 Å². The molecule has 0 bridgehead atoms. The molecular formula is C12H16IN. The summed E-state index contributed by atoms with van der Waals surface area (Å²) < 4.78 is 1.31. The fourth-order valence-corrected chi connectivity index (χ4v) is 3.06. The Morgan fingerprint density at radius 2 is 1.86 bits per heavy atom. The first-order chi connectivity index (χ1) is 6.79. The van der Waals surface area contributed by atoms with Crippen LogP contribution in [0.4, 0.5) is 0 Å². The fourth-order valence-electron chi connectivity index (χ4n) is 2.32. The second-order valence-electron chi connectivity index (χ2n) is 4.09. The Labute approximate surface area is 99.2 Å². The molecule has 0 aliphatic heterocycles. The van der Waals surface area contributed by atoms with Crippen molar-refractivity contribution in [3.8, 4) is 0 Å². The molecule has 2 N–H and O–H groups in total. The number of hydrogen-bond donors (Lipinski definition) is 1. The Balaban J connectivity index is 2.17. The van der Waals surface area contributed by atoms with Gasteiger partial charge in [0.05, 0.1) is 0 Å². The van der Waals surface area contributed by atoms with Gasteiger partial charge < -0.3 is 5.73 Å². The van der Waals surface area contributed by atoms with Crippen molar-refractivity contribution in [2.24, 2.45) is 11.7 Å². The monoisotopic (exact) mass is 301 g/mol. The van der Waals surface area contributed by atoms with Crippen molar-refractivity contribution >= 4 is 22.6 Å². The van der Waals surface area contributed by atoms with Gasteiger partial charge in [-0.3, -0.25) is 0 Å². The minimum absolute atomic E-state index is 0.255. The van der Waals surface area contributed by atoms with Gasteiger partial charge in [0.15, 0.2) is 0 Å². The topological polar surface area (TPSA) is 26.0 Å². The van der Waals surface area contributed by atoms with Crippen molar-refractivity contribution < 1.29 is 0 Å². The highest BCUT2D eigenvalue weighted by molar-refractivity contribution is 14.1. The van der Waals surface area contributed by atoms with Crippen LogP contribution in [0.5, 0.6) is 0 Å². The van der Waals surface area contributed by atoms with Crippen LogP contribution in [-0.2, 0) is 0 Å². The van der Waals surface area contributed by atoms with E-state index in [0.717, 1.165) is 0 Å². The molecule has 2 heteroatoms. The lowest BCUT2D eigenvalue weighted by molar-refractivity contribution is 0.443. The van der Waals surface area contributed by atoms with Gasteiger partial charge in [0, 0.05) is 9.61 Å². The molecule has 1 nitrogen and oxygen atoms in total. The lowest BCUT2D eigenvalue weighted by atomic mass is 9.93. The van der Waals surface area contributed by atoms with E-state index in [1.54, 1.807) is 0 Å². The summed E-state index contributed by atoms with van der Waals surface area (Å²) in [7, 11) is 0. The van der Waals surface area contributed by atoms with E-state index in [2.05, 4.69) is 46.9 Å². The smallest absolute Gasteiger partial charge is 0.0334 e. The molecule has 1 aliphatic rings. The second kappa shape index (κ2) is 4.62. The van der Waals surface area contributed by atoms with Gasteiger partial charge in [-0.1, -0.05) is 31.0 Å². The molecule has 0 saturated heterocycles. The van der Waals surface area contributed by atoms with Crippen LogP contribution in [0.1, 0.15) is 37.3 Å². The van der Waals surface area contributed by atoms with Gasteiger partial charge in [-0.05, 0) is 53.0 Å². The molecule has 1 aromatic rings. The largest absolute Gasteiger partial charge is 0.324 e. The molecule has 1 atom stereocenters. The first-order valence-corrected chi connectivity index (χ1v) is 6.37. The maximum absolute atomic E-state index is 6.30. The summed E-state index contributed by atoms with van der Waals surface area (Å²) in [5.74, 6) is 0.714. The predicted molar refractivity (Wildman–Crippen MR) is 68.0 cm³/mol. The Morgan fingerprint density at radius 3 is 2.50 bits per heavy atom. The van der Waals surface area contributed by atoms with E-state index in [1.165, 1.54) is 34.8 Å². The number of hydrogen-bond acceptors (Lipinski definition) is 1. The Kier molecular flexibility index (Phi) is 3.44. The molecule has 0 radical (unpaired) electrons. The first-order valence-electron chi connectivity index (χ1n) is 5.29. The van der Waals surface area contributed by atoms with Gasteiger partial charge in [0.2, 0.25) is 0 Å². The van der Waals surface area contributed by atoms with Gasteiger partial charge in [-0.2, -0.15) is 0 Å². The average Bonchev–Trinajstić information content (AvgIpc) is 2.70. The summed E-state index contributed by atoms with van der Waals surface area (Å²) in [4.78, 5) is 0. The zero-order valence-corrected chi connectivity index (χ0v) is 10.4. The van der Waals surface area contributed by atoms with Crippen LogP contribution in [0.15, 0.2) is 24.3 Å². The van der Waals surface area contributed by atoms with Crippen LogP contribution < -0.4 is 5.73 Å². The molecule has 2 rings (SSSR count). The third-order valence-corrected chi connectivity index (χ3v) is 4.15. The highest BCUT2D eigenvalue weighted by Crippen LogP contribution is 2.35. The van der Waals surface area contributed by atoms with E-state index in [0.29, 0.717) is 5.92 Å². The molecule has 0 amide bonds. The van der Waals surface area contributed by atoms with E-state index < -0.39 is 0 Å². The molecule has 76 valence electrons. The lowest BCUT2D eigenvalue weighted by Crippen LogP contribution is -2.20. The van der Waals surface area contributed by atoms with Crippen LogP contribution in [0.25, 0.3) is 0 Å². The van der Waals surface area contributed by atoms with E-state index in [9.17, 15) is 0 Å². The van der Waals surface area contributed by atoms with Crippen LogP contribution in [0, 0.1) is 9.49 Å². The molecule has 1 saturated carbocycles. The van der Waals surface area contributed by atoms with Crippen molar-refractivity contribution in [3.63, 3.8) is 0 Å².